The van der Waals surface area contributed by atoms with E-state index in [4.69, 9.17) is 5.73 Å². The van der Waals surface area contributed by atoms with E-state index in [1.54, 1.807) is 0 Å². The molecule has 0 aromatic carbocycles. The lowest BCUT2D eigenvalue weighted by Gasteiger charge is -2.34. The molecular weight excluding hydrogens is 212 g/mol. The maximum absolute atomic E-state index is 12.5. The fourth-order valence-corrected chi connectivity index (χ4v) is 3.41. The van der Waals surface area contributed by atoms with Crippen LogP contribution in [-0.4, -0.2) is 29.4 Å². The minimum Gasteiger partial charge on any atom is -0.340 e. The molecule has 0 unspecified atom stereocenters. The highest BCUT2D eigenvalue weighted by Gasteiger charge is 2.32. The SMILES string of the molecule is CCN(C(=O)C1CCC(N)CC1)C1CCCC1. The maximum atomic E-state index is 12.5. The molecule has 0 spiro atoms. The predicted molar refractivity (Wildman–Crippen MR) is 69.6 cm³/mol. The Kier molecular flexibility index (Phi) is 4.43. The van der Waals surface area contributed by atoms with E-state index in [9.17, 15) is 4.79 Å². The van der Waals surface area contributed by atoms with E-state index < -0.39 is 0 Å². The van der Waals surface area contributed by atoms with E-state index in [1.807, 2.05) is 0 Å². The first-order valence-electron chi connectivity index (χ1n) is 7.28. The number of nitrogens with zero attached hydrogens (tertiary/aromatic N) is 1. The normalized spacial score (nSPS) is 30.5. The third kappa shape index (κ3) is 3.01. The highest BCUT2D eigenvalue weighted by molar-refractivity contribution is 5.79. The summed E-state index contributed by atoms with van der Waals surface area (Å²) in [5.41, 5.74) is 5.90. The monoisotopic (exact) mass is 238 g/mol. The minimum atomic E-state index is 0.260. The van der Waals surface area contributed by atoms with Crippen molar-refractivity contribution in [3.8, 4) is 0 Å². The molecule has 1 amide bonds. The van der Waals surface area contributed by atoms with Gasteiger partial charge < -0.3 is 10.6 Å². The summed E-state index contributed by atoms with van der Waals surface area (Å²) >= 11 is 0. The van der Waals surface area contributed by atoms with E-state index in [0.717, 1.165) is 32.2 Å². The Morgan fingerprint density at radius 1 is 1.12 bits per heavy atom. The zero-order valence-electron chi connectivity index (χ0n) is 11.0. The second-order valence-corrected chi connectivity index (χ2v) is 5.67. The van der Waals surface area contributed by atoms with Gasteiger partial charge in [-0.1, -0.05) is 12.8 Å². The lowest BCUT2D eigenvalue weighted by atomic mass is 9.85. The minimum absolute atomic E-state index is 0.260. The molecule has 0 radical (unpaired) electrons. The number of nitrogens with two attached hydrogens (primary N) is 1. The second-order valence-electron chi connectivity index (χ2n) is 5.67. The first kappa shape index (κ1) is 12.9. The standard InChI is InChI=1S/C14H26N2O/c1-2-16(13-5-3-4-6-13)14(17)11-7-9-12(15)10-8-11/h11-13H,2-10,15H2,1H3. The lowest BCUT2D eigenvalue weighted by Crippen LogP contribution is -2.44. The van der Waals surface area contributed by atoms with Gasteiger partial charge in [0, 0.05) is 24.5 Å². The molecule has 0 aromatic heterocycles. The smallest absolute Gasteiger partial charge is 0.225 e. The number of rotatable bonds is 3. The first-order chi connectivity index (χ1) is 8.22. The van der Waals surface area contributed by atoms with Crippen LogP contribution in [0.15, 0.2) is 0 Å². The Labute approximate surface area is 105 Å². The number of carbonyl (C=O) groups excluding carboxylic acids is 1. The number of carbonyl (C=O) groups is 1. The van der Waals surface area contributed by atoms with Crippen molar-refractivity contribution in [1.29, 1.82) is 0 Å². The molecule has 3 heteroatoms. The van der Waals surface area contributed by atoms with Crippen LogP contribution >= 0.6 is 0 Å². The summed E-state index contributed by atoms with van der Waals surface area (Å²) in [5, 5.41) is 0. The van der Waals surface area contributed by atoms with Gasteiger partial charge in [-0.05, 0) is 45.4 Å². The van der Waals surface area contributed by atoms with Crippen LogP contribution in [0, 0.1) is 5.92 Å². The molecule has 0 heterocycles. The van der Waals surface area contributed by atoms with Crippen molar-refractivity contribution in [3.63, 3.8) is 0 Å². The van der Waals surface area contributed by atoms with Crippen molar-refractivity contribution in [2.24, 2.45) is 11.7 Å². The third-order valence-corrected chi connectivity index (χ3v) is 4.51. The van der Waals surface area contributed by atoms with E-state index in [1.165, 1.54) is 25.7 Å². The molecule has 0 aromatic rings. The molecule has 0 aliphatic heterocycles. The summed E-state index contributed by atoms with van der Waals surface area (Å²) in [6.07, 6.45) is 9.08. The van der Waals surface area contributed by atoms with Gasteiger partial charge in [-0.25, -0.2) is 0 Å². The Bertz CT molecular complexity index is 253. The van der Waals surface area contributed by atoms with Crippen molar-refractivity contribution >= 4 is 5.91 Å². The van der Waals surface area contributed by atoms with Gasteiger partial charge in [0.05, 0.1) is 0 Å². The molecule has 17 heavy (non-hydrogen) atoms. The first-order valence-corrected chi connectivity index (χ1v) is 7.28. The van der Waals surface area contributed by atoms with Crippen LogP contribution in [0.3, 0.4) is 0 Å². The van der Waals surface area contributed by atoms with Gasteiger partial charge in [-0.2, -0.15) is 0 Å². The summed E-state index contributed by atoms with van der Waals surface area (Å²) in [4.78, 5) is 14.7. The van der Waals surface area contributed by atoms with Gasteiger partial charge in [0.15, 0.2) is 0 Å². The molecule has 2 N–H and O–H groups in total. The average molecular weight is 238 g/mol. The Morgan fingerprint density at radius 2 is 1.71 bits per heavy atom. The Balaban J connectivity index is 1.92. The molecule has 3 nitrogen and oxygen atoms in total. The summed E-state index contributed by atoms with van der Waals surface area (Å²) in [5.74, 6) is 0.668. The van der Waals surface area contributed by atoms with Crippen LogP contribution in [0.5, 0.6) is 0 Å². The molecule has 2 aliphatic rings. The average Bonchev–Trinajstić information content (AvgIpc) is 2.84. The zero-order valence-corrected chi connectivity index (χ0v) is 11.0. The Morgan fingerprint density at radius 3 is 2.24 bits per heavy atom. The number of hydrogen-bond acceptors (Lipinski definition) is 2. The van der Waals surface area contributed by atoms with Gasteiger partial charge in [0.2, 0.25) is 5.91 Å². The summed E-state index contributed by atoms with van der Waals surface area (Å²) < 4.78 is 0. The topological polar surface area (TPSA) is 46.3 Å². The molecule has 98 valence electrons. The van der Waals surface area contributed by atoms with Gasteiger partial charge >= 0.3 is 0 Å². The van der Waals surface area contributed by atoms with Crippen molar-refractivity contribution in [2.45, 2.75) is 70.4 Å². The quantitative estimate of drug-likeness (QED) is 0.820. The van der Waals surface area contributed by atoms with Gasteiger partial charge in [0.25, 0.3) is 0 Å². The van der Waals surface area contributed by atoms with Crippen molar-refractivity contribution in [1.82, 2.24) is 4.90 Å². The molecule has 0 saturated heterocycles. The van der Waals surface area contributed by atoms with E-state index in [0.29, 0.717) is 18.0 Å². The molecule has 2 aliphatic carbocycles. The molecule has 2 fully saturated rings. The lowest BCUT2D eigenvalue weighted by molar-refractivity contribution is -0.138. The van der Waals surface area contributed by atoms with E-state index in [-0.39, 0.29) is 5.92 Å². The van der Waals surface area contributed by atoms with Crippen molar-refractivity contribution < 1.29 is 4.79 Å². The largest absolute Gasteiger partial charge is 0.340 e. The second kappa shape index (κ2) is 5.85. The molecule has 2 rings (SSSR count). The van der Waals surface area contributed by atoms with Gasteiger partial charge in [0.1, 0.15) is 0 Å². The van der Waals surface area contributed by atoms with Crippen molar-refractivity contribution in [3.05, 3.63) is 0 Å². The molecule has 0 atom stereocenters. The number of amides is 1. The number of hydrogen-bond donors (Lipinski definition) is 1. The highest BCUT2D eigenvalue weighted by atomic mass is 16.2. The fourth-order valence-electron chi connectivity index (χ4n) is 3.41. The summed E-state index contributed by atoms with van der Waals surface area (Å²) in [7, 11) is 0. The zero-order chi connectivity index (χ0) is 12.3. The molecule has 0 bridgehead atoms. The maximum Gasteiger partial charge on any atom is 0.225 e. The van der Waals surface area contributed by atoms with Crippen LogP contribution in [0.1, 0.15) is 58.3 Å². The molecular formula is C14H26N2O. The van der Waals surface area contributed by atoms with Crippen LogP contribution in [0.25, 0.3) is 0 Å². The summed E-state index contributed by atoms with van der Waals surface area (Å²) in [6.45, 7) is 3.00. The van der Waals surface area contributed by atoms with Crippen LogP contribution < -0.4 is 5.73 Å². The Hall–Kier alpha value is -0.570. The van der Waals surface area contributed by atoms with E-state index in [2.05, 4.69) is 11.8 Å². The van der Waals surface area contributed by atoms with Crippen molar-refractivity contribution in [2.75, 3.05) is 6.54 Å². The van der Waals surface area contributed by atoms with Crippen LogP contribution in [0.2, 0.25) is 0 Å². The van der Waals surface area contributed by atoms with Crippen LogP contribution in [-0.2, 0) is 4.79 Å². The molecule has 2 saturated carbocycles. The fraction of sp³-hybridized carbons (Fsp3) is 0.929. The van der Waals surface area contributed by atoms with Gasteiger partial charge in [-0.15, -0.1) is 0 Å². The van der Waals surface area contributed by atoms with Crippen LogP contribution in [0.4, 0.5) is 0 Å². The third-order valence-electron chi connectivity index (χ3n) is 4.51. The highest BCUT2D eigenvalue weighted by Crippen LogP contribution is 2.29. The van der Waals surface area contributed by atoms with Gasteiger partial charge in [-0.3, -0.25) is 4.79 Å². The summed E-state index contributed by atoms with van der Waals surface area (Å²) in [6, 6.07) is 0.865. The van der Waals surface area contributed by atoms with E-state index >= 15 is 0 Å². The predicted octanol–water partition coefficient (Wildman–Crippen LogP) is 2.29.